The van der Waals surface area contributed by atoms with Gasteiger partial charge in [0.1, 0.15) is 6.61 Å². The van der Waals surface area contributed by atoms with E-state index < -0.39 is 17.8 Å². The highest BCUT2D eigenvalue weighted by atomic mass is 32.2. The van der Waals surface area contributed by atoms with Crippen molar-refractivity contribution >= 4 is 17.9 Å². The monoisotopic (exact) mass is 228 g/mol. The van der Waals surface area contributed by atoms with Gasteiger partial charge in [-0.25, -0.2) is 9.18 Å². The van der Waals surface area contributed by atoms with Crippen molar-refractivity contribution in [2.45, 2.75) is 16.5 Å². The Balaban J connectivity index is 1.92. The molecule has 1 heterocycles. The second-order valence-corrected chi connectivity index (χ2v) is 4.16. The molecule has 0 unspecified atom stereocenters. The molecule has 1 aromatic carbocycles. The third-order valence-corrected chi connectivity index (χ3v) is 2.97. The van der Waals surface area contributed by atoms with Crippen molar-refractivity contribution in [3.05, 3.63) is 30.3 Å². The molecule has 15 heavy (non-hydrogen) atoms. The second kappa shape index (κ2) is 4.53. The molecule has 5 heteroatoms. The minimum Gasteiger partial charge on any atom is -0.430 e. The zero-order valence-corrected chi connectivity index (χ0v) is 8.58. The van der Waals surface area contributed by atoms with Crippen molar-refractivity contribution in [2.24, 2.45) is 0 Å². The first kappa shape index (κ1) is 10.3. The number of hydrogen-bond acceptors (Lipinski definition) is 4. The number of rotatable bonds is 3. The third-order valence-electron chi connectivity index (χ3n) is 1.90. The Hall–Kier alpha value is -1.23. The zero-order chi connectivity index (χ0) is 10.7. The topological polar surface area (TPSA) is 35.5 Å². The molecule has 1 aliphatic heterocycles. The minimum atomic E-state index is -1.29. The number of carbonyl (C=O) groups is 1. The molecular weight excluding hydrogens is 219 g/mol. The number of carbonyl (C=O) groups excluding carboxylic acids is 1. The summed E-state index contributed by atoms with van der Waals surface area (Å²) in [6.07, 6.45) is -1.60. The van der Waals surface area contributed by atoms with Gasteiger partial charge in [-0.15, -0.1) is 0 Å². The summed E-state index contributed by atoms with van der Waals surface area (Å²) in [4.78, 5) is 11.4. The van der Waals surface area contributed by atoms with Crippen LogP contribution in [0, 0.1) is 0 Å². The molecule has 0 aliphatic carbocycles. The van der Waals surface area contributed by atoms with E-state index in [9.17, 15) is 9.18 Å². The van der Waals surface area contributed by atoms with Crippen LogP contribution in [-0.4, -0.2) is 24.4 Å². The molecule has 3 nitrogen and oxygen atoms in total. The molecule has 1 fully saturated rings. The highest BCUT2D eigenvalue weighted by Gasteiger charge is 2.33. The van der Waals surface area contributed by atoms with E-state index in [0.717, 1.165) is 16.7 Å². The number of ether oxygens (including phenoxy) is 2. The van der Waals surface area contributed by atoms with Crippen molar-refractivity contribution in [1.29, 1.82) is 0 Å². The molecule has 2 atom stereocenters. The van der Waals surface area contributed by atoms with E-state index in [-0.39, 0.29) is 6.61 Å². The van der Waals surface area contributed by atoms with Crippen LogP contribution < -0.4 is 0 Å². The summed E-state index contributed by atoms with van der Waals surface area (Å²) in [5, 5.41) is 0. The number of halogens is 1. The van der Waals surface area contributed by atoms with Gasteiger partial charge in [0.25, 0.3) is 0 Å². The van der Waals surface area contributed by atoms with Gasteiger partial charge in [-0.05, 0) is 12.1 Å². The lowest BCUT2D eigenvalue weighted by Crippen LogP contribution is -2.21. The summed E-state index contributed by atoms with van der Waals surface area (Å²) in [6.45, 7) is -0.0141. The molecule has 80 valence electrons. The summed E-state index contributed by atoms with van der Waals surface area (Å²) in [5.74, 6) is 0. The lowest BCUT2D eigenvalue weighted by atomic mass is 10.4. The average Bonchev–Trinajstić information content (AvgIpc) is 2.66. The van der Waals surface area contributed by atoms with E-state index in [1.165, 1.54) is 0 Å². The lowest BCUT2D eigenvalue weighted by Gasteiger charge is -2.11. The SMILES string of the molecule is O=C1OC[C@H]([C@H](F)Sc2ccccc2)O1. The maximum atomic E-state index is 13.6. The molecule has 0 aromatic heterocycles. The number of cyclic esters (lactones) is 2. The van der Waals surface area contributed by atoms with Crippen molar-refractivity contribution < 1.29 is 18.7 Å². The normalized spacial score (nSPS) is 21.9. The average molecular weight is 228 g/mol. The zero-order valence-electron chi connectivity index (χ0n) is 7.76. The number of hydrogen-bond donors (Lipinski definition) is 0. The lowest BCUT2D eigenvalue weighted by molar-refractivity contribution is 0.104. The number of thioether (sulfide) groups is 1. The molecule has 1 aromatic rings. The molecule has 0 N–H and O–H groups in total. The fourth-order valence-corrected chi connectivity index (χ4v) is 2.04. The standard InChI is InChI=1S/C10H9FO3S/c11-9(8-6-13-10(12)14-8)15-7-4-2-1-3-5-7/h1-5,8-9H,6H2/t8-,9-/m1/s1. The Bertz CT molecular complexity index is 344. The minimum absolute atomic E-state index is 0.0141. The quantitative estimate of drug-likeness (QED) is 0.588. The van der Waals surface area contributed by atoms with Crippen LogP contribution in [0.15, 0.2) is 35.2 Å². The predicted molar refractivity (Wildman–Crippen MR) is 53.4 cm³/mol. The van der Waals surface area contributed by atoms with Crippen molar-refractivity contribution in [1.82, 2.24) is 0 Å². The van der Waals surface area contributed by atoms with Gasteiger partial charge < -0.3 is 9.47 Å². The van der Waals surface area contributed by atoms with Crippen LogP contribution in [0.25, 0.3) is 0 Å². The van der Waals surface area contributed by atoms with Gasteiger partial charge in [-0.3, -0.25) is 0 Å². The van der Waals surface area contributed by atoms with Crippen LogP contribution in [0.2, 0.25) is 0 Å². The Kier molecular flexibility index (Phi) is 3.11. The molecule has 0 spiro atoms. The van der Waals surface area contributed by atoms with Gasteiger partial charge in [-0.1, -0.05) is 30.0 Å². The first-order valence-electron chi connectivity index (χ1n) is 4.45. The fourth-order valence-electron chi connectivity index (χ4n) is 1.18. The van der Waals surface area contributed by atoms with Crippen LogP contribution in [0.4, 0.5) is 9.18 Å². The van der Waals surface area contributed by atoms with Gasteiger partial charge in [0.15, 0.2) is 11.6 Å². The molecule has 0 amide bonds. The van der Waals surface area contributed by atoms with Crippen molar-refractivity contribution in [3.63, 3.8) is 0 Å². The van der Waals surface area contributed by atoms with Crippen LogP contribution in [0.5, 0.6) is 0 Å². The summed E-state index contributed by atoms with van der Waals surface area (Å²) >= 11 is 1.02. The van der Waals surface area contributed by atoms with E-state index >= 15 is 0 Å². The predicted octanol–water partition coefficient (Wildman–Crippen LogP) is 2.61. The fraction of sp³-hybridized carbons (Fsp3) is 0.300. The van der Waals surface area contributed by atoms with Crippen LogP contribution in [-0.2, 0) is 9.47 Å². The Morgan fingerprint density at radius 3 is 2.73 bits per heavy atom. The maximum Gasteiger partial charge on any atom is 0.508 e. The third kappa shape index (κ3) is 2.62. The second-order valence-electron chi connectivity index (χ2n) is 3.00. The highest BCUT2D eigenvalue weighted by molar-refractivity contribution is 7.99. The van der Waals surface area contributed by atoms with Crippen molar-refractivity contribution in [2.75, 3.05) is 6.61 Å². The maximum absolute atomic E-state index is 13.6. The molecule has 1 aliphatic rings. The smallest absolute Gasteiger partial charge is 0.430 e. The van der Waals surface area contributed by atoms with E-state index in [0.29, 0.717) is 0 Å². The first-order chi connectivity index (χ1) is 7.25. The van der Waals surface area contributed by atoms with E-state index in [4.69, 9.17) is 0 Å². The largest absolute Gasteiger partial charge is 0.508 e. The number of benzene rings is 1. The summed E-state index contributed by atoms with van der Waals surface area (Å²) < 4.78 is 22.7. The summed E-state index contributed by atoms with van der Waals surface area (Å²) in [5.41, 5.74) is -1.29. The Morgan fingerprint density at radius 2 is 2.13 bits per heavy atom. The molecule has 1 saturated heterocycles. The Morgan fingerprint density at radius 1 is 1.40 bits per heavy atom. The molecule has 2 rings (SSSR count). The van der Waals surface area contributed by atoms with Crippen LogP contribution in [0.3, 0.4) is 0 Å². The van der Waals surface area contributed by atoms with Gasteiger partial charge in [-0.2, -0.15) is 0 Å². The molecular formula is C10H9FO3S. The van der Waals surface area contributed by atoms with Gasteiger partial charge in [0.2, 0.25) is 0 Å². The Labute approximate surface area is 90.6 Å². The van der Waals surface area contributed by atoms with Gasteiger partial charge in [0, 0.05) is 4.90 Å². The molecule has 0 saturated carbocycles. The first-order valence-corrected chi connectivity index (χ1v) is 5.33. The van der Waals surface area contributed by atoms with E-state index in [1.807, 2.05) is 18.2 Å². The van der Waals surface area contributed by atoms with Gasteiger partial charge >= 0.3 is 6.16 Å². The van der Waals surface area contributed by atoms with Gasteiger partial charge in [0.05, 0.1) is 0 Å². The highest BCUT2D eigenvalue weighted by Crippen LogP contribution is 2.29. The van der Waals surface area contributed by atoms with E-state index in [1.54, 1.807) is 12.1 Å². The summed E-state index contributed by atoms with van der Waals surface area (Å²) in [6, 6.07) is 9.11. The van der Waals surface area contributed by atoms with Crippen molar-refractivity contribution in [3.8, 4) is 0 Å². The van der Waals surface area contributed by atoms with Crippen LogP contribution >= 0.6 is 11.8 Å². The van der Waals surface area contributed by atoms with Crippen LogP contribution in [0.1, 0.15) is 0 Å². The summed E-state index contributed by atoms with van der Waals surface area (Å²) in [7, 11) is 0. The van der Waals surface area contributed by atoms with E-state index in [2.05, 4.69) is 9.47 Å². The molecule has 0 bridgehead atoms. The molecule has 0 radical (unpaired) electrons. The number of alkyl halides is 1.